The van der Waals surface area contributed by atoms with Crippen molar-refractivity contribution < 1.29 is 4.79 Å². The number of hydrogen-bond acceptors (Lipinski definition) is 1. The summed E-state index contributed by atoms with van der Waals surface area (Å²) in [6.45, 7) is 6.79. The molecular formula is C17H22O. The monoisotopic (exact) mass is 242 g/mol. The quantitative estimate of drug-likeness (QED) is 0.769. The Morgan fingerprint density at radius 1 is 1.17 bits per heavy atom. The van der Waals surface area contributed by atoms with Gasteiger partial charge in [-0.1, -0.05) is 51.1 Å². The van der Waals surface area contributed by atoms with Crippen LogP contribution in [0.4, 0.5) is 0 Å². The Balaban J connectivity index is 1.90. The second-order valence-electron chi connectivity index (χ2n) is 6.86. The maximum Gasteiger partial charge on any atom is 0.142 e. The molecule has 1 aromatic carbocycles. The van der Waals surface area contributed by atoms with Gasteiger partial charge in [-0.2, -0.15) is 0 Å². The molecule has 0 heterocycles. The van der Waals surface area contributed by atoms with E-state index in [0.717, 1.165) is 12.8 Å². The smallest absolute Gasteiger partial charge is 0.142 e. The fourth-order valence-electron chi connectivity index (χ4n) is 4.38. The second kappa shape index (κ2) is 3.69. The van der Waals surface area contributed by atoms with Gasteiger partial charge in [0.1, 0.15) is 5.78 Å². The van der Waals surface area contributed by atoms with E-state index in [1.54, 1.807) is 0 Å². The van der Waals surface area contributed by atoms with Crippen molar-refractivity contribution in [3.8, 4) is 0 Å². The summed E-state index contributed by atoms with van der Waals surface area (Å²) < 4.78 is 0. The van der Waals surface area contributed by atoms with Crippen LogP contribution < -0.4 is 0 Å². The fraction of sp³-hybridized carbons (Fsp3) is 0.588. The maximum atomic E-state index is 12.7. The van der Waals surface area contributed by atoms with E-state index in [9.17, 15) is 4.79 Å². The van der Waals surface area contributed by atoms with Gasteiger partial charge in [0.05, 0.1) is 0 Å². The van der Waals surface area contributed by atoms with Gasteiger partial charge in [0, 0.05) is 11.3 Å². The number of rotatable bonds is 2. The summed E-state index contributed by atoms with van der Waals surface area (Å²) in [7, 11) is 0. The molecule has 2 saturated carbocycles. The fourth-order valence-corrected chi connectivity index (χ4v) is 4.38. The number of benzene rings is 1. The van der Waals surface area contributed by atoms with Gasteiger partial charge >= 0.3 is 0 Å². The van der Waals surface area contributed by atoms with Gasteiger partial charge in [-0.05, 0) is 36.2 Å². The second-order valence-corrected chi connectivity index (χ2v) is 6.86. The zero-order valence-corrected chi connectivity index (χ0v) is 11.6. The van der Waals surface area contributed by atoms with Crippen molar-refractivity contribution >= 4 is 5.78 Å². The Bertz CT molecular complexity index is 474. The zero-order chi connectivity index (χ0) is 13.0. The van der Waals surface area contributed by atoms with Gasteiger partial charge in [0.15, 0.2) is 0 Å². The van der Waals surface area contributed by atoms with E-state index in [2.05, 4.69) is 45.0 Å². The van der Waals surface area contributed by atoms with Crippen LogP contribution in [0.3, 0.4) is 0 Å². The Kier molecular flexibility index (Phi) is 2.45. The molecule has 3 atom stereocenters. The summed E-state index contributed by atoms with van der Waals surface area (Å²) >= 11 is 0. The molecule has 18 heavy (non-hydrogen) atoms. The number of carbonyl (C=O) groups is 1. The van der Waals surface area contributed by atoms with Crippen LogP contribution in [0.5, 0.6) is 0 Å². The Morgan fingerprint density at radius 3 is 2.39 bits per heavy atom. The average molecular weight is 242 g/mol. The highest BCUT2D eigenvalue weighted by molar-refractivity contribution is 5.91. The van der Waals surface area contributed by atoms with Gasteiger partial charge in [-0.25, -0.2) is 0 Å². The van der Waals surface area contributed by atoms with Crippen molar-refractivity contribution in [1.82, 2.24) is 0 Å². The zero-order valence-electron chi connectivity index (χ0n) is 11.6. The van der Waals surface area contributed by atoms with Gasteiger partial charge in [0.2, 0.25) is 0 Å². The SMILES string of the molecule is CC1(C)[C@@H]2CC[C@]1(C)C(=O)[C@@H]2Cc1ccccc1. The van der Waals surface area contributed by atoms with Crippen molar-refractivity contribution in [2.45, 2.75) is 40.0 Å². The van der Waals surface area contributed by atoms with Crippen LogP contribution in [0.1, 0.15) is 39.2 Å². The Labute approximate surface area is 110 Å². The van der Waals surface area contributed by atoms with Gasteiger partial charge in [-0.15, -0.1) is 0 Å². The molecule has 1 heteroatoms. The van der Waals surface area contributed by atoms with Crippen LogP contribution in [0.2, 0.25) is 0 Å². The lowest BCUT2D eigenvalue weighted by Crippen LogP contribution is -2.33. The number of hydrogen-bond donors (Lipinski definition) is 0. The molecule has 2 aliphatic carbocycles. The Morgan fingerprint density at radius 2 is 1.83 bits per heavy atom. The molecule has 1 nitrogen and oxygen atoms in total. The van der Waals surface area contributed by atoms with Gasteiger partial charge in [0.25, 0.3) is 0 Å². The average Bonchev–Trinajstić information content (AvgIpc) is 2.65. The highest BCUT2D eigenvalue weighted by atomic mass is 16.1. The maximum absolute atomic E-state index is 12.7. The lowest BCUT2D eigenvalue weighted by Gasteiger charge is -2.32. The largest absolute Gasteiger partial charge is 0.299 e. The highest BCUT2D eigenvalue weighted by Gasteiger charge is 2.65. The molecule has 3 rings (SSSR count). The third-order valence-corrected chi connectivity index (χ3v) is 5.97. The van der Waals surface area contributed by atoms with E-state index in [0.29, 0.717) is 11.7 Å². The standard InChI is InChI=1S/C17H22O/c1-16(2)14-9-10-17(16,3)15(18)13(14)11-12-7-5-4-6-8-12/h4-8,13-14H,9-11H2,1-3H3/t13-,14-,17-/m1/s1. The van der Waals surface area contributed by atoms with Crippen LogP contribution >= 0.6 is 0 Å². The summed E-state index contributed by atoms with van der Waals surface area (Å²) in [6.07, 6.45) is 3.25. The lowest BCUT2D eigenvalue weighted by molar-refractivity contribution is -0.131. The molecular weight excluding hydrogens is 220 g/mol. The highest BCUT2D eigenvalue weighted by Crippen LogP contribution is 2.66. The van der Waals surface area contributed by atoms with Crippen molar-refractivity contribution in [3.05, 3.63) is 35.9 Å². The van der Waals surface area contributed by atoms with Crippen molar-refractivity contribution in [3.63, 3.8) is 0 Å². The third kappa shape index (κ3) is 1.36. The number of Topliss-reactive ketones (excluding diaryl/α,β-unsaturated/α-hetero) is 1. The summed E-state index contributed by atoms with van der Waals surface area (Å²) in [5.74, 6) is 1.35. The van der Waals surface area contributed by atoms with E-state index in [-0.39, 0.29) is 16.7 Å². The topological polar surface area (TPSA) is 17.1 Å². The minimum Gasteiger partial charge on any atom is -0.299 e. The van der Waals surface area contributed by atoms with Crippen LogP contribution in [0.15, 0.2) is 30.3 Å². The molecule has 2 fully saturated rings. The minimum absolute atomic E-state index is 0.0723. The van der Waals surface area contributed by atoms with Crippen molar-refractivity contribution in [2.75, 3.05) is 0 Å². The predicted octanol–water partition coefficient (Wildman–Crippen LogP) is 3.87. The number of fused-ring (bicyclic) bond motifs is 2. The molecule has 0 spiro atoms. The summed E-state index contributed by atoms with van der Waals surface area (Å²) in [5.41, 5.74) is 1.42. The first-order valence-electron chi connectivity index (χ1n) is 7.05. The summed E-state index contributed by atoms with van der Waals surface area (Å²) in [5, 5.41) is 0. The number of ketones is 1. The van der Waals surface area contributed by atoms with E-state index in [1.807, 2.05) is 6.07 Å². The van der Waals surface area contributed by atoms with E-state index < -0.39 is 0 Å². The minimum atomic E-state index is -0.0723. The first-order chi connectivity index (χ1) is 8.47. The normalized spacial score (nSPS) is 37.2. The van der Waals surface area contributed by atoms with Crippen LogP contribution in [0, 0.1) is 22.7 Å². The Hall–Kier alpha value is -1.11. The predicted molar refractivity (Wildman–Crippen MR) is 73.3 cm³/mol. The van der Waals surface area contributed by atoms with E-state index in [4.69, 9.17) is 0 Å². The third-order valence-electron chi connectivity index (χ3n) is 5.97. The van der Waals surface area contributed by atoms with Gasteiger partial charge < -0.3 is 0 Å². The van der Waals surface area contributed by atoms with E-state index >= 15 is 0 Å². The first-order valence-corrected chi connectivity index (χ1v) is 7.05. The molecule has 0 saturated heterocycles. The van der Waals surface area contributed by atoms with Crippen LogP contribution in [0.25, 0.3) is 0 Å². The molecule has 96 valence electrons. The molecule has 2 aliphatic rings. The summed E-state index contributed by atoms with van der Waals surface area (Å²) in [6, 6.07) is 10.5. The van der Waals surface area contributed by atoms with E-state index in [1.165, 1.54) is 12.0 Å². The molecule has 0 N–H and O–H groups in total. The molecule has 2 bridgehead atoms. The molecule has 0 aliphatic heterocycles. The summed E-state index contributed by atoms with van der Waals surface area (Å²) in [4.78, 5) is 12.7. The number of carbonyl (C=O) groups excluding carboxylic acids is 1. The van der Waals surface area contributed by atoms with Crippen molar-refractivity contribution in [2.24, 2.45) is 22.7 Å². The molecule has 0 unspecified atom stereocenters. The first kappa shape index (κ1) is 12.0. The van der Waals surface area contributed by atoms with Crippen LogP contribution in [-0.2, 0) is 11.2 Å². The molecule has 0 radical (unpaired) electrons. The van der Waals surface area contributed by atoms with Crippen LogP contribution in [-0.4, -0.2) is 5.78 Å². The lowest BCUT2D eigenvalue weighted by atomic mass is 9.70. The van der Waals surface area contributed by atoms with Crippen molar-refractivity contribution in [1.29, 1.82) is 0 Å². The molecule has 0 amide bonds. The molecule has 1 aromatic rings. The molecule has 0 aromatic heterocycles. The van der Waals surface area contributed by atoms with Gasteiger partial charge in [-0.3, -0.25) is 4.79 Å².